The van der Waals surface area contributed by atoms with Crippen molar-refractivity contribution in [2.75, 3.05) is 4.90 Å². The second-order valence-corrected chi connectivity index (χ2v) is 4.50. The number of urea groups is 1. The summed E-state index contributed by atoms with van der Waals surface area (Å²) < 4.78 is 0. The lowest BCUT2D eigenvalue weighted by molar-refractivity contribution is 0.256. The Morgan fingerprint density at radius 3 is 2.75 bits per heavy atom. The number of nitrogens with zero attached hydrogens (tertiary/aromatic N) is 3. The van der Waals surface area contributed by atoms with Gasteiger partial charge in [0.2, 0.25) is 0 Å². The third kappa shape index (κ3) is 2.07. The Hall–Kier alpha value is -2.89. The first-order valence-electron chi connectivity index (χ1n) is 6.11. The van der Waals surface area contributed by atoms with E-state index in [0.29, 0.717) is 11.4 Å². The molecule has 3 rings (SSSR count). The first-order chi connectivity index (χ1) is 9.65. The Bertz CT molecular complexity index is 766. The van der Waals surface area contributed by atoms with Crippen LogP contribution in [0.5, 0.6) is 0 Å². The number of amides is 2. The molecule has 0 atom stereocenters. The molecule has 0 aliphatic carbocycles. The summed E-state index contributed by atoms with van der Waals surface area (Å²) in [6.45, 7) is 1.98. The third-order valence-corrected chi connectivity index (χ3v) is 3.04. The molecule has 0 unspecified atom stereocenters. The van der Waals surface area contributed by atoms with Gasteiger partial charge in [0, 0.05) is 16.6 Å². The highest BCUT2D eigenvalue weighted by Gasteiger charge is 2.15. The summed E-state index contributed by atoms with van der Waals surface area (Å²) >= 11 is 0. The van der Waals surface area contributed by atoms with E-state index in [1.54, 1.807) is 6.07 Å². The van der Waals surface area contributed by atoms with Crippen LogP contribution in [0.2, 0.25) is 0 Å². The summed E-state index contributed by atoms with van der Waals surface area (Å²) in [4.78, 5) is 16.4. The minimum atomic E-state index is -0.565. The van der Waals surface area contributed by atoms with Gasteiger partial charge in [-0.15, -0.1) is 0 Å². The number of anilines is 2. The predicted octanol–water partition coefficient (Wildman–Crippen LogP) is 2.48. The fraction of sp³-hybridized carbons (Fsp3) is 0.0714. The zero-order valence-corrected chi connectivity index (χ0v) is 10.9. The maximum absolute atomic E-state index is 11.7. The topological polar surface area (TPSA) is 87.9 Å². The molecule has 100 valence electrons. The number of nitrogens with two attached hydrogens (primary N) is 1. The monoisotopic (exact) mass is 267 g/mol. The van der Waals surface area contributed by atoms with Crippen LogP contribution in [-0.2, 0) is 0 Å². The molecule has 3 aromatic rings. The minimum Gasteiger partial charge on any atom is -0.359 e. The van der Waals surface area contributed by atoms with Crippen molar-refractivity contribution in [1.29, 1.82) is 0 Å². The van der Waals surface area contributed by atoms with Crippen LogP contribution in [0.1, 0.15) is 5.69 Å². The number of rotatable bonds is 2. The number of aromatic nitrogens is 3. The van der Waals surface area contributed by atoms with Crippen molar-refractivity contribution < 1.29 is 4.79 Å². The first kappa shape index (κ1) is 12.2. The van der Waals surface area contributed by atoms with Gasteiger partial charge >= 0.3 is 6.03 Å². The van der Waals surface area contributed by atoms with Crippen molar-refractivity contribution in [1.82, 2.24) is 15.2 Å². The van der Waals surface area contributed by atoms with Crippen molar-refractivity contribution >= 4 is 28.3 Å². The number of aromatic amines is 1. The third-order valence-electron chi connectivity index (χ3n) is 3.04. The van der Waals surface area contributed by atoms with E-state index in [-0.39, 0.29) is 0 Å². The molecule has 2 aromatic heterocycles. The number of hydrogen-bond donors (Lipinski definition) is 2. The molecule has 0 radical (unpaired) electrons. The van der Waals surface area contributed by atoms with Gasteiger partial charge in [0.05, 0.1) is 23.8 Å². The van der Waals surface area contributed by atoms with Crippen LogP contribution < -0.4 is 10.6 Å². The molecule has 0 bridgehead atoms. The number of carbonyl (C=O) groups is 1. The van der Waals surface area contributed by atoms with Crippen LogP contribution in [0.15, 0.2) is 42.7 Å². The molecule has 0 saturated heterocycles. The Balaban J connectivity index is 2.12. The van der Waals surface area contributed by atoms with Gasteiger partial charge in [-0.2, -0.15) is 10.2 Å². The average Bonchev–Trinajstić information content (AvgIpc) is 2.79. The molecular weight excluding hydrogens is 254 g/mol. The van der Waals surface area contributed by atoms with Crippen molar-refractivity contribution in [3.05, 3.63) is 48.4 Å². The summed E-state index contributed by atoms with van der Waals surface area (Å²) in [5, 5.41) is 8.50. The zero-order valence-electron chi connectivity index (χ0n) is 10.9. The van der Waals surface area contributed by atoms with Crippen LogP contribution in [0.4, 0.5) is 16.2 Å². The van der Waals surface area contributed by atoms with Crippen molar-refractivity contribution in [2.24, 2.45) is 5.73 Å². The summed E-state index contributed by atoms with van der Waals surface area (Å²) in [5.74, 6) is 0. The van der Waals surface area contributed by atoms with Gasteiger partial charge in [-0.3, -0.25) is 4.90 Å². The highest BCUT2D eigenvalue weighted by atomic mass is 16.2. The Morgan fingerprint density at radius 2 is 2.05 bits per heavy atom. The molecule has 0 fully saturated rings. The highest BCUT2D eigenvalue weighted by molar-refractivity contribution is 6.00. The van der Waals surface area contributed by atoms with Gasteiger partial charge in [0.15, 0.2) is 0 Å². The second-order valence-electron chi connectivity index (χ2n) is 4.50. The predicted molar refractivity (Wildman–Crippen MR) is 76.8 cm³/mol. The quantitative estimate of drug-likeness (QED) is 0.747. The standard InChI is InChI=1S/C14H13N5O/c1-9-6-10-7-11(2-3-13(10)18-9)19(14(15)20)12-4-5-16-17-8-12/h2-8,18H,1H3,(H2,15,20). The van der Waals surface area contributed by atoms with E-state index in [9.17, 15) is 4.79 Å². The van der Waals surface area contributed by atoms with E-state index in [4.69, 9.17) is 5.73 Å². The minimum absolute atomic E-state index is 0.565. The smallest absolute Gasteiger partial charge is 0.323 e. The Morgan fingerprint density at radius 1 is 1.20 bits per heavy atom. The number of aryl methyl sites for hydroxylation is 1. The highest BCUT2D eigenvalue weighted by Crippen LogP contribution is 2.27. The number of fused-ring (bicyclic) bond motifs is 1. The lowest BCUT2D eigenvalue weighted by Gasteiger charge is -2.19. The molecule has 3 N–H and O–H groups in total. The molecule has 0 aliphatic heterocycles. The SMILES string of the molecule is Cc1cc2cc(N(C(N)=O)c3ccnnc3)ccc2[nH]1. The second kappa shape index (κ2) is 4.65. The van der Waals surface area contributed by atoms with Gasteiger partial charge in [-0.1, -0.05) is 0 Å². The molecular formula is C14H13N5O. The fourth-order valence-electron chi connectivity index (χ4n) is 2.22. The largest absolute Gasteiger partial charge is 0.359 e. The number of benzene rings is 1. The number of H-pyrrole nitrogens is 1. The number of carbonyl (C=O) groups excluding carboxylic acids is 1. The molecule has 6 nitrogen and oxygen atoms in total. The molecule has 0 aliphatic rings. The van der Waals surface area contributed by atoms with Gasteiger partial charge < -0.3 is 10.7 Å². The van der Waals surface area contributed by atoms with Crippen LogP contribution in [-0.4, -0.2) is 21.2 Å². The maximum atomic E-state index is 11.7. The van der Waals surface area contributed by atoms with E-state index in [1.165, 1.54) is 17.3 Å². The summed E-state index contributed by atoms with van der Waals surface area (Å²) in [7, 11) is 0. The van der Waals surface area contributed by atoms with E-state index in [2.05, 4.69) is 15.2 Å². The van der Waals surface area contributed by atoms with Crippen molar-refractivity contribution in [3.63, 3.8) is 0 Å². The van der Waals surface area contributed by atoms with E-state index in [0.717, 1.165) is 16.6 Å². The van der Waals surface area contributed by atoms with E-state index in [1.807, 2.05) is 31.2 Å². The molecule has 2 amide bonds. The van der Waals surface area contributed by atoms with Gasteiger partial charge in [0.25, 0.3) is 0 Å². The maximum Gasteiger partial charge on any atom is 0.323 e. The number of hydrogen-bond acceptors (Lipinski definition) is 3. The number of nitrogens with one attached hydrogen (secondary N) is 1. The van der Waals surface area contributed by atoms with Crippen molar-refractivity contribution in [3.8, 4) is 0 Å². The molecule has 0 saturated carbocycles. The van der Waals surface area contributed by atoms with Crippen LogP contribution >= 0.6 is 0 Å². The molecule has 2 heterocycles. The Kier molecular flexibility index (Phi) is 2.83. The van der Waals surface area contributed by atoms with E-state index < -0.39 is 6.03 Å². The Labute approximate surface area is 115 Å². The first-order valence-corrected chi connectivity index (χ1v) is 6.11. The molecule has 6 heteroatoms. The molecule has 1 aromatic carbocycles. The van der Waals surface area contributed by atoms with Crippen LogP contribution in [0.25, 0.3) is 10.9 Å². The molecule has 20 heavy (non-hydrogen) atoms. The fourth-order valence-corrected chi connectivity index (χ4v) is 2.22. The zero-order chi connectivity index (χ0) is 14.1. The number of primary amides is 1. The van der Waals surface area contributed by atoms with Crippen LogP contribution in [0, 0.1) is 6.92 Å². The van der Waals surface area contributed by atoms with Crippen molar-refractivity contribution in [2.45, 2.75) is 6.92 Å². The van der Waals surface area contributed by atoms with Gasteiger partial charge in [0.1, 0.15) is 0 Å². The van der Waals surface area contributed by atoms with Crippen LogP contribution in [0.3, 0.4) is 0 Å². The molecule has 0 spiro atoms. The normalized spacial score (nSPS) is 10.7. The average molecular weight is 267 g/mol. The summed E-state index contributed by atoms with van der Waals surface area (Å²) in [5.41, 5.74) is 8.84. The summed E-state index contributed by atoms with van der Waals surface area (Å²) in [6, 6.07) is 8.80. The van der Waals surface area contributed by atoms with E-state index >= 15 is 0 Å². The summed E-state index contributed by atoms with van der Waals surface area (Å²) in [6.07, 6.45) is 3.02. The van der Waals surface area contributed by atoms with Gasteiger partial charge in [-0.05, 0) is 37.3 Å². The van der Waals surface area contributed by atoms with Gasteiger partial charge in [-0.25, -0.2) is 4.79 Å². The lowest BCUT2D eigenvalue weighted by atomic mass is 10.2. The lowest BCUT2D eigenvalue weighted by Crippen LogP contribution is -2.31.